The zero-order valence-corrected chi connectivity index (χ0v) is 16.7. The van der Waals surface area contributed by atoms with Crippen LogP contribution in [0.4, 0.5) is 5.82 Å². The maximum atomic E-state index is 12.3. The van der Waals surface area contributed by atoms with Gasteiger partial charge in [-0.2, -0.15) is 0 Å². The fraction of sp³-hybridized carbons (Fsp3) is 0.167. The molecular weight excluding hydrogens is 388 g/mol. The van der Waals surface area contributed by atoms with E-state index in [1.807, 2.05) is 41.2 Å². The maximum Gasteiger partial charge on any atom is 0.251 e. The summed E-state index contributed by atoms with van der Waals surface area (Å²) in [4.78, 5) is 25.0. The lowest BCUT2D eigenvalue weighted by Crippen LogP contribution is -2.25. The second kappa shape index (κ2) is 7.92. The minimum absolute atomic E-state index is 0.0585. The molecule has 0 bridgehead atoms. The number of benzene rings is 1. The van der Waals surface area contributed by atoms with Crippen LogP contribution in [0.5, 0.6) is 0 Å². The first-order valence-corrected chi connectivity index (χ1v) is 10.1. The number of anilines is 1. The van der Waals surface area contributed by atoms with Crippen molar-refractivity contribution in [3.8, 4) is 11.8 Å². The molecule has 0 radical (unpaired) electrons. The largest absolute Gasteiger partial charge is 0.383 e. The van der Waals surface area contributed by atoms with Gasteiger partial charge in [-0.3, -0.25) is 9.78 Å². The number of rotatable bonds is 4. The van der Waals surface area contributed by atoms with Crippen molar-refractivity contribution in [2.45, 2.75) is 25.4 Å². The van der Waals surface area contributed by atoms with Gasteiger partial charge in [0.15, 0.2) is 0 Å². The van der Waals surface area contributed by atoms with E-state index in [1.54, 1.807) is 18.3 Å². The molecule has 0 saturated heterocycles. The first-order valence-electron chi connectivity index (χ1n) is 10.1. The van der Waals surface area contributed by atoms with E-state index in [0.717, 1.165) is 40.6 Å². The third-order valence-electron chi connectivity index (χ3n) is 5.14. The zero-order valence-electron chi connectivity index (χ0n) is 16.7. The summed E-state index contributed by atoms with van der Waals surface area (Å²) in [6.45, 7) is 0.597. The number of nitrogens with zero attached hydrogens (tertiary/aromatic N) is 4. The number of carbonyl (C=O) groups is 1. The lowest BCUT2D eigenvalue weighted by molar-refractivity contribution is 0.0951. The third-order valence-corrected chi connectivity index (χ3v) is 5.14. The van der Waals surface area contributed by atoms with Crippen molar-refractivity contribution >= 4 is 22.8 Å². The van der Waals surface area contributed by atoms with Crippen LogP contribution in [0, 0.1) is 11.8 Å². The molecule has 1 aromatic carbocycles. The molecule has 0 unspecified atom stereocenters. The van der Waals surface area contributed by atoms with Gasteiger partial charge < -0.3 is 15.6 Å². The van der Waals surface area contributed by atoms with Crippen LogP contribution >= 0.6 is 0 Å². The van der Waals surface area contributed by atoms with E-state index >= 15 is 0 Å². The summed E-state index contributed by atoms with van der Waals surface area (Å²) >= 11 is 0. The van der Waals surface area contributed by atoms with Crippen LogP contribution in [0.25, 0.3) is 11.0 Å². The number of nitrogens with two attached hydrogens (primary N) is 1. The highest BCUT2D eigenvalue weighted by Gasteiger charge is 2.23. The molecule has 0 aliphatic heterocycles. The number of amides is 1. The average molecular weight is 408 g/mol. The number of nitrogen functional groups attached to an aromatic ring is 1. The van der Waals surface area contributed by atoms with Crippen LogP contribution in [0.1, 0.15) is 39.9 Å². The number of nitrogens with one attached hydrogen (secondary N) is 1. The quantitative estimate of drug-likeness (QED) is 0.506. The van der Waals surface area contributed by atoms with Crippen molar-refractivity contribution < 1.29 is 4.79 Å². The van der Waals surface area contributed by atoms with Crippen molar-refractivity contribution in [2.75, 3.05) is 5.73 Å². The van der Waals surface area contributed by atoms with Crippen molar-refractivity contribution in [3.63, 3.8) is 0 Å². The topological polar surface area (TPSA) is 98.7 Å². The molecular formula is C24H20N6O. The van der Waals surface area contributed by atoms with E-state index in [2.05, 4.69) is 32.1 Å². The van der Waals surface area contributed by atoms with Crippen LogP contribution in [-0.4, -0.2) is 31.5 Å². The molecule has 0 spiro atoms. The Hall–Kier alpha value is -4.18. The van der Waals surface area contributed by atoms with Gasteiger partial charge in [-0.15, -0.1) is 0 Å². The number of hydrogen-bond donors (Lipinski definition) is 2. The molecule has 3 N–H and O–H groups in total. The lowest BCUT2D eigenvalue weighted by atomic mass is 10.1. The van der Waals surface area contributed by atoms with E-state index in [1.165, 1.54) is 6.33 Å². The molecule has 3 heterocycles. The lowest BCUT2D eigenvalue weighted by Gasteiger charge is -2.04. The normalized spacial score (nSPS) is 12.9. The first kappa shape index (κ1) is 18.8. The number of pyridine rings is 1. The van der Waals surface area contributed by atoms with E-state index in [9.17, 15) is 4.79 Å². The van der Waals surface area contributed by atoms with Gasteiger partial charge in [0.05, 0.1) is 17.5 Å². The Morgan fingerprint density at radius 2 is 2.10 bits per heavy atom. The molecule has 5 rings (SSSR count). The van der Waals surface area contributed by atoms with E-state index in [-0.39, 0.29) is 5.91 Å². The van der Waals surface area contributed by atoms with Gasteiger partial charge in [0.2, 0.25) is 0 Å². The van der Waals surface area contributed by atoms with Gasteiger partial charge in [0.1, 0.15) is 17.8 Å². The number of hydrogen-bond acceptors (Lipinski definition) is 5. The van der Waals surface area contributed by atoms with Crippen LogP contribution in [0.15, 0.2) is 61.3 Å². The van der Waals surface area contributed by atoms with Crippen LogP contribution in [0.2, 0.25) is 0 Å². The Morgan fingerprint density at radius 3 is 2.90 bits per heavy atom. The van der Waals surface area contributed by atoms with Gasteiger partial charge in [0, 0.05) is 35.8 Å². The smallest absolute Gasteiger partial charge is 0.251 e. The molecule has 7 heteroatoms. The Bertz CT molecular complexity index is 1330. The molecule has 4 aromatic rings. The second-order valence-electron chi connectivity index (χ2n) is 7.57. The van der Waals surface area contributed by atoms with Gasteiger partial charge in [0.25, 0.3) is 5.91 Å². The molecule has 1 aliphatic carbocycles. The van der Waals surface area contributed by atoms with Crippen molar-refractivity contribution in [1.82, 2.24) is 24.8 Å². The molecule has 1 aliphatic rings. The minimum atomic E-state index is -0.0585. The fourth-order valence-electron chi connectivity index (χ4n) is 3.42. The predicted octanol–water partition coefficient (Wildman–Crippen LogP) is 2.75. The summed E-state index contributed by atoms with van der Waals surface area (Å²) in [5, 5.41) is 3.72. The third kappa shape index (κ3) is 4.09. The molecule has 1 amide bonds. The van der Waals surface area contributed by atoms with Crippen LogP contribution in [-0.2, 0) is 6.54 Å². The summed E-state index contributed by atoms with van der Waals surface area (Å²) < 4.78 is 1.99. The molecule has 1 saturated carbocycles. The number of fused-ring (bicyclic) bond motifs is 1. The summed E-state index contributed by atoms with van der Waals surface area (Å²) in [5.74, 6) is 6.67. The monoisotopic (exact) mass is 408 g/mol. The first-order chi connectivity index (χ1) is 15.2. The highest BCUT2D eigenvalue weighted by atomic mass is 16.1. The molecule has 3 aromatic heterocycles. The van der Waals surface area contributed by atoms with Crippen molar-refractivity contribution in [2.24, 2.45) is 0 Å². The van der Waals surface area contributed by atoms with Gasteiger partial charge in [-0.1, -0.05) is 24.0 Å². The van der Waals surface area contributed by atoms with Crippen molar-refractivity contribution in [3.05, 3.63) is 83.6 Å². The maximum absolute atomic E-state index is 12.3. The van der Waals surface area contributed by atoms with E-state index < -0.39 is 0 Å². The Labute approximate surface area is 179 Å². The summed E-state index contributed by atoms with van der Waals surface area (Å²) in [6, 6.07) is 11.6. The predicted molar refractivity (Wildman–Crippen MR) is 118 cm³/mol. The molecule has 0 atom stereocenters. The van der Waals surface area contributed by atoms with Gasteiger partial charge in [-0.05, 0) is 42.7 Å². The molecule has 7 nitrogen and oxygen atoms in total. The zero-order chi connectivity index (χ0) is 21.2. The molecule has 31 heavy (non-hydrogen) atoms. The van der Waals surface area contributed by atoms with E-state index in [0.29, 0.717) is 24.0 Å². The summed E-state index contributed by atoms with van der Waals surface area (Å²) in [7, 11) is 0. The SMILES string of the molecule is Nc1ncnc2c1c(C#Cc1cccc(C(=O)NC3CC3)c1)cn2Cc1cccnc1. The average Bonchev–Trinajstić information content (AvgIpc) is 3.54. The fourth-order valence-corrected chi connectivity index (χ4v) is 3.42. The van der Waals surface area contributed by atoms with Crippen LogP contribution < -0.4 is 11.1 Å². The Balaban J connectivity index is 1.49. The summed E-state index contributed by atoms with van der Waals surface area (Å²) in [6.07, 6.45) is 9.05. The Morgan fingerprint density at radius 1 is 1.19 bits per heavy atom. The highest BCUT2D eigenvalue weighted by Crippen LogP contribution is 2.24. The minimum Gasteiger partial charge on any atom is -0.383 e. The second-order valence-corrected chi connectivity index (χ2v) is 7.57. The molecule has 152 valence electrons. The molecule has 1 fully saturated rings. The number of aromatic nitrogens is 4. The Kier molecular flexibility index (Phi) is 4.81. The summed E-state index contributed by atoms with van der Waals surface area (Å²) in [5.41, 5.74) is 10.0. The number of carbonyl (C=O) groups excluding carboxylic acids is 1. The van der Waals surface area contributed by atoms with Crippen LogP contribution in [0.3, 0.4) is 0 Å². The van der Waals surface area contributed by atoms with Gasteiger partial charge >= 0.3 is 0 Å². The van der Waals surface area contributed by atoms with Gasteiger partial charge in [-0.25, -0.2) is 9.97 Å². The highest BCUT2D eigenvalue weighted by molar-refractivity contribution is 5.95. The van der Waals surface area contributed by atoms with Crippen molar-refractivity contribution in [1.29, 1.82) is 0 Å². The van der Waals surface area contributed by atoms with E-state index in [4.69, 9.17) is 5.73 Å². The standard InChI is InChI=1S/C24H20N6O/c25-22-21-19(7-6-16-3-1-5-18(11-16)24(31)29-20-8-9-20)14-30(23(21)28-15-27-22)13-17-4-2-10-26-12-17/h1-5,10-12,14-15,20H,8-9,13H2,(H,29,31)(H2,25,27,28).